The van der Waals surface area contributed by atoms with Gasteiger partial charge in [0.2, 0.25) is 5.91 Å². The monoisotopic (exact) mass is 533 g/mol. The van der Waals surface area contributed by atoms with E-state index >= 15 is 0 Å². The van der Waals surface area contributed by atoms with Gasteiger partial charge in [0.25, 0.3) is 0 Å². The third-order valence-corrected chi connectivity index (χ3v) is 5.66. The number of carbonyl (C=O) groups excluding carboxylic acids is 1. The minimum Gasteiger partial charge on any atom is -0.369 e. The van der Waals surface area contributed by atoms with Crippen LogP contribution in [-0.2, 0) is 4.79 Å². The van der Waals surface area contributed by atoms with E-state index in [4.69, 9.17) is 11.6 Å². The van der Waals surface area contributed by atoms with Crippen LogP contribution < -0.4 is 20.9 Å². The van der Waals surface area contributed by atoms with Crippen molar-refractivity contribution >= 4 is 53.1 Å². The molecule has 8 heteroatoms. The van der Waals surface area contributed by atoms with Crippen LogP contribution in [0.2, 0.25) is 5.02 Å². The maximum Gasteiger partial charge on any atom is 0.223 e. The van der Waals surface area contributed by atoms with Gasteiger partial charge in [0, 0.05) is 55.4 Å². The molecule has 1 saturated heterocycles. The molecule has 29 heavy (non-hydrogen) atoms. The summed E-state index contributed by atoms with van der Waals surface area (Å²) in [4.78, 5) is 18.9. The van der Waals surface area contributed by atoms with Gasteiger partial charge in [-0.25, -0.2) is 0 Å². The molecule has 1 heterocycles. The Balaban J connectivity index is 0.00000300. The fraction of sp³-hybridized carbons (Fsp3) is 0.619. The Labute approximate surface area is 196 Å². The van der Waals surface area contributed by atoms with E-state index in [1.807, 2.05) is 18.2 Å². The van der Waals surface area contributed by atoms with Crippen molar-refractivity contribution in [3.05, 3.63) is 29.3 Å². The van der Waals surface area contributed by atoms with E-state index in [-0.39, 0.29) is 35.8 Å². The zero-order valence-electron chi connectivity index (χ0n) is 17.1. The zero-order valence-corrected chi connectivity index (χ0v) is 20.2. The van der Waals surface area contributed by atoms with Crippen LogP contribution in [-0.4, -0.2) is 50.6 Å². The Morgan fingerprint density at radius 3 is 2.79 bits per heavy atom. The smallest absolute Gasteiger partial charge is 0.223 e. The van der Waals surface area contributed by atoms with Crippen molar-refractivity contribution in [1.29, 1.82) is 0 Å². The van der Waals surface area contributed by atoms with Crippen molar-refractivity contribution in [2.45, 2.75) is 45.1 Å². The second-order valence-electron chi connectivity index (χ2n) is 7.59. The summed E-state index contributed by atoms with van der Waals surface area (Å²) in [5.41, 5.74) is 1.17. The van der Waals surface area contributed by atoms with E-state index in [0.29, 0.717) is 19.1 Å². The number of anilines is 1. The van der Waals surface area contributed by atoms with E-state index in [1.54, 1.807) is 0 Å². The van der Waals surface area contributed by atoms with Crippen LogP contribution in [0.25, 0.3) is 0 Å². The molecule has 1 atom stereocenters. The van der Waals surface area contributed by atoms with E-state index in [9.17, 15) is 4.79 Å². The van der Waals surface area contributed by atoms with E-state index in [0.717, 1.165) is 56.3 Å². The lowest BCUT2D eigenvalue weighted by Gasteiger charge is -2.23. The average Bonchev–Trinajstić information content (AvgIpc) is 3.08. The maximum atomic E-state index is 11.8. The van der Waals surface area contributed by atoms with Crippen LogP contribution in [0, 0.1) is 5.92 Å². The molecule has 2 fully saturated rings. The number of guanidine groups is 1. The highest BCUT2D eigenvalue weighted by Gasteiger charge is 2.25. The standard InChI is InChI=1S/C21H32ClN5O.HI/c1-2-23-21(25-12-5-11-24-20(28)16-6-3-7-16)26-18-10-13-27(15-18)19-9-4-8-17(22)14-19;/h4,8-9,14,16,18H,2-3,5-7,10-13,15H2,1H3,(H,24,28)(H2,23,25,26);1H. The number of halogens is 2. The molecule has 0 spiro atoms. The molecule has 0 aromatic heterocycles. The Kier molecular flexibility index (Phi) is 10.3. The lowest BCUT2D eigenvalue weighted by molar-refractivity contribution is -0.127. The predicted molar refractivity (Wildman–Crippen MR) is 132 cm³/mol. The minimum atomic E-state index is 0. The molecule has 1 aromatic rings. The Morgan fingerprint density at radius 1 is 1.28 bits per heavy atom. The molecule has 162 valence electrons. The van der Waals surface area contributed by atoms with Crippen LogP contribution in [0.15, 0.2) is 29.3 Å². The first-order chi connectivity index (χ1) is 13.7. The van der Waals surface area contributed by atoms with Crippen molar-refractivity contribution in [1.82, 2.24) is 16.0 Å². The van der Waals surface area contributed by atoms with Gasteiger partial charge in [-0.1, -0.05) is 24.1 Å². The zero-order chi connectivity index (χ0) is 19.8. The van der Waals surface area contributed by atoms with Crippen molar-refractivity contribution < 1.29 is 4.79 Å². The molecule has 6 nitrogen and oxygen atoms in total. The number of nitrogens with one attached hydrogen (secondary N) is 3. The van der Waals surface area contributed by atoms with Crippen LogP contribution in [0.4, 0.5) is 5.69 Å². The first-order valence-electron chi connectivity index (χ1n) is 10.5. The SMILES string of the molecule is CCNC(=NCCCNC(=O)C1CCC1)NC1CCN(c2cccc(Cl)c2)C1.I. The van der Waals surface area contributed by atoms with Crippen molar-refractivity contribution in [2.24, 2.45) is 10.9 Å². The van der Waals surface area contributed by atoms with E-state index in [1.165, 1.54) is 12.1 Å². The second kappa shape index (κ2) is 12.5. The summed E-state index contributed by atoms with van der Waals surface area (Å²) in [6, 6.07) is 8.37. The third-order valence-electron chi connectivity index (χ3n) is 5.43. The fourth-order valence-corrected chi connectivity index (χ4v) is 3.78. The number of amides is 1. The molecule has 1 amide bonds. The Bertz CT molecular complexity index is 683. The lowest BCUT2D eigenvalue weighted by Crippen LogP contribution is -2.44. The number of nitrogens with zero attached hydrogens (tertiary/aromatic N) is 2. The van der Waals surface area contributed by atoms with Gasteiger partial charge in [0.1, 0.15) is 0 Å². The van der Waals surface area contributed by atoms with Gasteiger partial charge in [-0.2, -0.15) is 0 Å². The summed E-state index contributed by atoms with van der Waals surface area (Å²) in [5.74, 6) is 1.32. The molecule has 1 unspecified atom stereocenters. The molecule has 1 aromatic carbocycles. The van der Waals surface area contributed by atoms with Crippen LogP contribution >= 0.6 is 35.6 Å². The topological polar surface area (TPSA) is 68.8 Å². The maximum absolute atomic E-state index is 11.8. The summed E-state index contributed by atoms with van der Waals surface area (Å²) in [6.45, 7) is 6.24. The Morgan fingerprint density at radius 2 is 2.10 bits per heavy atom. The molecular weight excluding hydrogens is 501 g/mol. The van der Waals surface area contributed by atoms with Gasteiger partial charge >= 0.3 is 0 Å². The number of benzene rings is 1. The molecule has 2 aliphatic rings. The quantitative estimate of drug-likeness (QED) is 0.207. The first-order valence-corrected chi connectivity index (χ1v) is 10.9. The summed E-state index contributed by atoms with van der Waals surface area (Å²) >= 11 is 6.12. The van der Waals surface area contributed by atoms with Crippen molar-refractivity contribution in [3.8, 4) is 0 Å². The molecular formula is C21H33ClIN5O. The van der Waals surface area contributed by atoms with Crippen LogP contribution in [0.1, 0.15) is 39.0 Å². The highest BCUT2D eigenvalue weighted by molar-refractivity contribution is 14.0. The fourth-order valence-electron chi connectivity index (χ4n) is 3.60. The van der Waals surface area contributed by atoms with E-state index < -0.39 is 0 Å². The van der Waals surface area contributed by atoms with Gasteiger partial charge in [-0.3, -0.25) is 9.79 Å². The molecule has 0 bridgehead atoms. The second-order valence-corrected chi connectivity index (χ2v) is 8.03. The summed E-state index contributed by atoms with van der Waals surface area (Å²) in [7, 11) is 0. The minimum absolute atomic E-state index is 0. The summed E-state index contributed by atoms with van der Waals surface area (Å²) in [6.07, 6.45) is 5.21. The molecule has 1 aliphatic carbocycles. The molecule has 0 radical (unpaired) electrons. The normalized spacial score (nSPS) is 19.3. The highest BCUT2D eigenvalue weighted by atomic mass is 127. The third kappa shape index (κ3) is 7.51. The molecule has 1 saturated carbocycles. The highest BCUT2D eigenvalue weighted by Crippen LogP contribution is 2.26. The predicted octanol–water partition coefficient (Wildman–Crippen LogP) is 3.40. The van der Waals surface area contributed by atoms with Gasteiger partial charge in [0.15, 0.2) is 5.96 Å². The molecule has 3 N–H and O–H groups in total. The van der Waals surface area contributed by atoms with Gasteiger partial charge in [-0.15, -0.1) is 24.0 Å². The number of aliphatic imine (C=N–C) groups is 1. The van der Waals surface area contributed by atoms with Gasteiger partial charge in [-0.05, 0) is 50.8 Å². The lowest BCUT2D eigenvalue weighted by atomic mass is 9.85. The van der Waals surface area contributed by atoms with Gasteiger partial charge < -0.3 is 20.9 Å². The number of hydrogen-bond donors (Lipinski definition) is 3. The van der Waals surface area contributed by atoms with Crippen LogP contribution in [0.5, 0.6) is 0 Å². The van der Waals surface area contributed by atoms with Crippen LogP contribution in [0.3, 0.4) is 0 Å². The first kappa shape index (κ1) is 24.1. The number of rotatable bonds is 8. The van der Waals surface area contributed by atoms with Crippen molar-refractivity contribution in [3.63, 3.8) is 0 Å². The van der Waals surface area contributed by atoms with Crippen molar-refractivity contribution in [2.75, 3.05) is 37.6 Å². The molecule has 3 rings (SSSR count). The molecule has 1 aliphatic heterocycles. The number of hydrogen-bond acceptors (Lipinski definition) is 3. The van der Waals surface area contributed by atoms with Gasteiger partial charge in [0.05, 0.1) is 0 Å². The average molecular weight is 534 g/mol. The summed E-state index contributed by atoms with van der Waals surface area (Å²) < 4.78 is 0. The largest absolute Gasteiger partial charge is 0.369 e. The summed E-state index contributed by atoms with van der Waals surface area (Å²) in [5, 5.41) is 10.7. The Hall–Kier alpha value is -1.22. The number of carbonyl (C=O) groups is 1. The van der Waals surface area contributed by atoms with E-state index in [2.05, 4.69) is 38.8 Å².